The minimum atomic E-state index is -0.178. The van der Waals surface area contributed by atoms with Crippen LogP contribution in [0.4, 0.5) is 0 Å². The van der Waals surface area contributed by atoms with E-state index in [1.54, 1.807) is 36.0 Å². The van der Waals surface area contributed by atoms with Crippen molar-refractivity contribution in [3.8, 4) is 11.8 Å². The van der Waals surface area contributed by atoms with Crippen LogP contribution in [-0.2, 0) is 6.42 Å². The number of pyridine rings is 1. The van der Waals surface area contributed by atoms with Gasteiger partial charge in [0.15, 0.2) is 0 Å². The van der Waals surface area contributed by atoms with E-state index in [1.807, 2.05) is 5.38 Å². The van der Waals surface area contributed by atoms with Gasteiger partial charge in [0, 0.05) is 43.4 Å². The molecule has 6 heteroatoms. The summed E-state index contributed by atoms with van der Waals surface area (Å²) in [5, 5.41) is 14.5. The number of nitrogens with zero attached hydrogens (tertiary/aromatic N) is 2. The first kappa shape index (κ1) is 15.2. The molecule has 2 rings (SSSR count). The van der Waals surface area contributed by atoms with Crippen molar-refractivity contribution in [2.75, 3.05) is 13.2 Å². The Balaban J connectivity index is 1.97. The number of aromatic nitrogens is 2. The second kappa shape index (κ2) is 8.15. The first-order valence-electron chi connectivity index (χ1n) is 6.51. The van der Waals surface area contributed by atoms with Crippen molar-refractivity contribution in [2.24, 2.45) is 0 Å². The lowest BCUT2D eigenvalue weighted by Gasteiger charge is -2.05. The van der Waals surface area contributed by atoms with Gasteiger partial charge in [0.1, 0.15) is 0 Å². The van der Waals surface area contributed by atoms with Crippen LogP contribution in [0, 0.1) is 11.8 Å². The lowest BCUT2D eigenvalue weighted by Crippen LogP contribution is -2.26. The average Bonchev–Trinajstić information content (AvgIpc) is 3.01. The third-order valence-electron chi connectivity index (χ3n) is 2.63. The highest BCUT2D eigenvalue weighted by Gasteiger charge is 2.09. The molecule has 2 aromatic heterocycles. The second-order valence-corrected chi connectivity index (χ2v) is 5.11. The molecule has 0 saturated carbocycles. The van der Waals surface area contributed by atoms with Gasteiger partial charge in [-0.1, -0.05) is 11.8 Å². The van der Waals surface area contributed by atoms with Gasteiger partial charge < -0.3 is 10.4 Å². The number of rotatable bonds is 5. The van der Waals surface area contributed by atoms with Crippen molar-refractivity contribution in [3.05, 3.63) is 46.2 Å². The van der Waals surface area contributed by atoms with Crippen molar-refractivity contribution in [3.63, 3.8) is 0 Å². The summed E-state index contributed by atoms with van der Waals surface area (Å²) >= 11 is 1.57. The van der Waals surface area contributed by atoms with Gasteiger partial charge in [-0.25, -0.2) is 4.98 Å². The first-order valence-corrected chi connectivity index (χ1v) is 7.39. The summed E-state index contributed by atoms with van der Waals surface area (Å²) in [5.41, 5.74) is 1.06. The number of amides is 1. The Hall–Kier alpha value is -2.23. The molecule has 0 fully saturated rings. The molecular weight excluding hydrogens is 286 g/mol. The molecule has 108 valence electrons. The van der Waals surface area contributed by atoms with E-state index in [2.05, 4.69) is 27.1 Å². The van der Waals surface area contributed by atoms with E-state index >= 15 is 0 Å². The Bertz CT molecular complexity index is 644. The lowest BCUT2D eigenvalue weighted by atomic mass is 10.1. The number of hydrogen-bond donors (Lipinski definition) is 2. The fourth-order valence-corrected chi connectivity index (χ4v) is 2.28. The maximum Gasteiger partial charge on any atom is 0.252 e. The van der Waals surface area contributed by atoms with Crippen LogP contribution in [0.15, 0.2) is 30.0 Å². The van der Waals surface area contributed by atoms with Crippen LogP contribution in [0.1, 0.15) is 27.3 Å². The fourth-order valence-electron chi connectivity index (χ4n) is 1.66. The van der Waals surface area contributed by atoms with E-state index in [0.717, 1.165) is 5.01 Å². The monoisotopic (exact) mass is 301 g/mol. The molecule has 0 aliphatic rings. The van der Waals surface area contributed by atoms with E-state index in [-0.39, 0.29) is 12.5 Å². The highest BCUT2D eigenvalue weighted by atomic mass is 32.1. The summed E-state index contributed by atoms with van der Waals surface area (Å²) < 4.78 is 0. The summed E-state index contributed by atoms with van der Waals surface area (Å²) in [5.74, 6) is 5.47. The van der Waals surface area contributed by atoms with Crippen LogP contribution in [0.25, 0.3) is 0 Å². The van der Waals surface area contributed by atoms with Crippen LogP contribution >= 0.6 is 11.3 Å². The Labute approximate surface area is 127 Å². The molecule has 2 aromatic rings. The second-order valence-electron chi connectivity index (χ2n) is 4.13. The fraction of sp³-hybridized carbons (Fsp3) is 0.267. The number of nitrogens with one attached hydrogen (secondary N) is 1. The molecule has 0 unspecified atom stereocenters. The van der Waals surface area contributed by atoms with E-state index < -0.39 is 0 Å². The van der Waals surface area contributed by atoms with Gasteiger partial charge in [-0.05, 0) is 6.07 Å². The number of aliphatic hydroxyl groups is 1. The van der Waals surface area contributed by atoms with Crippen molar-refractivity contribution in [1.82, 2.24) is 15.3 Å². The molecule has 0 atom stereocenters. The molecule has 5 nitrogen and oxygen atoms in total. The number of hydrogen-bond acceptors (Lipinski definition) is 5. The van der Waals surface area contributed by atoms with Crippen molar-refractivity contribution in [2.45, 2.75) is 12.8 Å². The third kappa shape index (κ3) is 4.67. The molecular formula is C15H15N3O2S. The van der Waals surface area contributed by atoms with Crippen molar-refractivity contribution >= 4 is 17.2 Å². The molecule has 0 bridgehead atoms. The maximum atomic E-state index is 12.2. The van der Waals surface area contributed by atoms with Gasteiger partial charge in [0.25, 0.3) is 5.91 Å². The normalized spacial score (nSPS) is 9.76. The molecule has 0 spiro atoms. The molecule has 2 N–H and O–H groups in total. The van der Waals surface area contributed by atoms with Crippen LogP contribution in [0.3, 0.4) is 0 Å². The minimum Gasteiger partial charge on any atom is -0.395 e. The molecule has 0 radical (unpaired) electrons. The Morgan fingerprint density at radius 1 is 1.43 bits per heavy atom. The van der Waals surface area contributed by atoms with Crippen molar-refractivity contribution in [1.29, 1.82) is 0 Å². The van der Waals surface area contributed by atoms with E-state index in [1.165, 1.54) is 0 Å². The third-order valence-corrected chi connectivity index (χ3v) is 3.47. The summed E-state index contributed by atoms with van der Waals surface area (Å²) in [6.45, 7) is 0.529. The lowest BCUT2D eigenvalue weighted by molar-refractivity contribution is 0.0954. The zero-order valence-corrected chi connectivity index (χ0v) is 12.2. The smallest absolute Gasteiger partial charge is 0.252 e. The minimum absolute atomic E-state index is 0.00258. The van der Waals surface area contributed by atoms with Gasteiger partial charge in [0.05, 0.1) is 22.7 Å². The van der Waals surface area contributed by atoms with Gasteiger partial charge in [0.2, 0.25) is 0 Å². The highest BCUT2D eigenvalue weighted by Crippen LogP contribution is 2.06. The SMILES string of the molecule is O=C(NCCc1nccs1)c1ccncc1C#CCCO. The maximum absolute atomic E-state index is 12.2. The standard InChI is InChI=1S/C15H15N3O2S/c19-9-2-1-3-12-11-16-6-4-13(12)15(20)18-7-5-14-17-8-10-21-14/h4,6,8,10-11,19H,2,5,7,9H2,(H,18,20). The zero-order valence-electron chi connectivity index (χ0n) is 11.4. The topological polar surface area (TPSA) is 75.1 Å². The van der Waals surface area contributed by atoms with Gasteiger partial charge in [-0.3, -0.25) is 9.78 Å². The van der Waals surface area contributed by atoms with Crippen LogP contribution < -0.4 is 5.32 Å². The van der Waals surface area contributed by atoms with E-state index in [4.69, 9.17) is 5.11 Å². The first-order chi connectivity index (χ1) is 10.3. The average molecular weight is 301 g/mol. The Kier molecular flexibility index (Phi) is 5.88. The Morgan fingerprint density at radius 2 is 2.33 bits per heavy atom. The summed E-state index contributed by atoms with van der Waals surface area (Å²) in [4.78, 5) is 20.3. The summed E-state index contributed by atoms with van der Waals surface area (Å²) in [6, 6.07) is 1.64. The summed E-state index contributed by atoms with van der Waals surface area (Å²) in [7, 11) is 0. The predicted molar refractivity (Wildman–Crippen MR) is 81.0 cm³/mol. The molecule has 0 saturated heterocycles. The van der Waals surface area contributed by atoms with E-state index in [9.17, 15) is 4.79 Å². The van der Waals surface area contributed by atoms with Crippen LogP contribution in [0.2, 0.25) is 0 Å². The quantitative estimate of drug-likeness (QED) is 0.815. The van der Waals surface area contributed by atoms with Crippen LogP contribution in [-0.4, -0.2) is 34.1 Å². The predicted octanol–water partition coefficient (Wildman–Crippen LogP) is 1.24. The number of thiazole rings is 1. The van der Waals surface area contributed by atoms with E-state index in [0.29, 0.717) is 30.5 Å². The van der Waals surface area contributed by atoms with Crippen LogP contribution in [0.5, 0.6) is 0 Å². The highest BCUT2D eigenvalue weighted by molar-refractivity contribution is 7.09. The molecule has 21 heavy (non-hydrogen) atoms. The molecule has 0 aliphatic carbocycles. The molecule has 0 aliphatic heterocycles. The zero-order chi connectivity index (χ0) is 14.9. The molecule has 2 heterocycles. The Morgan fingerprint density at radius 3 is 3.10 bits per heavy atom. The molecule has 1 amide bonds. The summed E-state index contributed by atoms with van der Waals surface area (Å²) in [6.07, 6.45) is 5.95. The van der Waals surface area contributed by atoms with Crippen molar-refractivity contribution < 1.29 is 9.90 Å². The number of aliphatic hydroxyl groups excluding tert-OH is 1. The largest absolute Gasteiger partial charge is 0.395 e. The number of carbonyl (C=O) groups excluding carboxylic acids is 1. The number of carbonyl (C=O) groups is 1. The van der Waals surface area contributed by atoms with Gasteiger partial charge in [-0.15, -0.1) is 11.3 Å². The molecule has 0 aromatic carbocycles. The van der Waals surface area contributed by atoms with Gasteiger partial charge >= 0.3 is 0 Å². The van der Waals surface area contributed by atoms with Gasteiger partial charge in [-0.2, -0.15) is 0 Å².